The van der Waals surface area contributed by atoms with Crippen molar-refractivity contribution >= 4 is 52.2 Å². The molecule has 0 spiro atoms. The molecule has 0 saturated heterocycles. The molecular formula is C12H40N4Si4Te. The zero-order valence-electron chi connectivity index (χ0n) is 16.4. The van der Waals surface area contributed by atoms with Gasteiger partial charge in [0.15, 0.2) is 0 Å². The van der Waals surface area contributed by atoms with Crippen LogP contribution in [-0.2, 0) is 0 Å². The van der Waals surface area contributed by atoms with Gasteiger partial charge in [0.05, 0.1) is 0 Å². The Morgan fingerprint density at radius 1 is 0.381 bits per heavy atom. The van der Waals surface area contributed by atoms with Gasteiger partial charge >= 0.3 is 144 Å². The van der Waals surface area contributed by atoms with Gasteiger partial charge < -0.3 is 0 Å². The molecule has 130 valence electrons. The van der Waals surface area contributed by atoms with Gasteiger partial charge in [0.25, 0.3) is 0 Å². The van der Waals surface area contributed by atoms with Gasteiger partial charge in [0.1, 0.15) is 0 Å². The zero-order valence-corrected chi connectivity index (χ0v) is 22.7. The second-order valence-corrected chi connectivity index (χ2v) is 39.3. The van der Waals surface area contributed by atoms with E-state index in [-0.39, 0.29) is 0 Å². The Morgan fingerprint density at radius 3 is 0.619 bits per heavy atom. The van der Waals surface area contributed by atoms with E-state index in [9.17, 15) is 0 Å². The Labute approximate surface area is 143 Å². The van der Waals surface area contributed by atoms with E-state index in [2.05, 4.69) is 91.5 Å². The van der Waals surface area contributed by atoms with Gasteiger partial charge in [-0.3, -0.25) is 0 Å². The molecule has 0 bridgehead atoms. The van der Waals surface area contributed by atoms with Gasteiger partial charge in [-0.2, -0.15) is 0 Å². The minimum absolute atomic E-state index is 1.38. The Hall–Kier alpha value is 1.50. The fourth-order valence-corrected chi connectivity index (χ4v) is 46.2. The fraction of sp³-hybridized carbons (Fsp3) is 1.00. The van der Waals surface area contributed by atoms with Gasteiger partial charge in [-0.25, -0.2) is 0 Å². The first kappa shape index (κ1) is 22.5. The molecule has 0 atom stereocenters. The maximum atomic E-state index is 4.14. The molecule has 4 nitrogen and oxygen atoms in total. The van der Waals surface area contributed by atoms with E-state index in [0.29, 0.717) is 0 Å². The molecule has 0 saturated carbocycles. The van der Waals surface area contributed by atoms with Crippen LogP contribution in [0.2, 0.25) is 78.6 Å². The zero-order chi connectivity index (χ0) is 17.3. The van der Waals surface area contributed by atoms with Crippen LogP contribution in [0, 0.1) is 0 Å². The summed E-state index contributed by atoms with van der Waals surface area (Å²) in [6.07, 6.45) is 0. The molecule has 0 aliphatic rings. The third-order valence-electron chi connectivity index (χ3n) is 1.84. The van der Waals surface area contributed by atoms with Crippen molar-refractivity contribution < 1.29 is 0 Å². The quantitative estimate of drug-likeness (QED) is 0.404. The van der Waals surface area contributed by atoms with Crippen molar-refractivity contribution in [3.8, 4) is 0 Å². The predicted molar refractivity (Wildman–Crippen MR) is 112 cm³/mol. The minimum atomic E-state index is -2.74. The first-order valence-electron chi connectivity index (χ1n) is 7.82. The summed E-state index contributed by atoms with van der Waals surface area (Å²) in [5.41, 5.74) is 0. The molecule has 0 aliphatic heterocycles. The van der Waals surface area contributed by atoms with Gasteiger partial charge in [-0.05, 0) is 0 Å². The van der Waals surface area contributed by atoms with E-state index >= 15 is 0 Å². The first-order chi connectivity index (χ1) is 8.83. The van der Waals surface area contributed by atoms with Crippen LogP contribution in [0.1, 0.15) is 0 Å². The fourth-order valence-electron chi connectivity index (χ4n) is 1.99. The molecular weight excluding hydrogens is 440 g/mol. The second kappa shape index (κ2) is 7.17. The molecule has 4 N–H and O–H groups in total. The maximum absolute atomic E-state index is 4.14. The van der Waals surface area contributed by atoms with Crippen LogP contribution in [0.4, 0.5) is 0 Å². The molecule has 0 aromatic heterocycles. The molecule has 0 amide bonds. The molecule has 0 fully saturated rings. The van der Waals surface area contributed by atoms with E-state index in [1.54, 1.807) is 0 Å². The van der Waals surface area contributed by atoms with Crippen molar-refractivity contribution in [2.24, 2.45) is 0 Å². The molecule has 0 aromatic rings. The van der Waals surface area contributed by atoms with Crippen molar-refractivity contribution in [1.82, 2.24) is 12.9 Å². The van der Waals surface area contributed by atoms with Crippen LogP contribution < -0.4 is 12.9 Å². The van der Waals surface area contributed by atoms with Crippen LogP contribution in [0.3, 0.4) is 0 Å². The summed E-state index contributed by atoms with van der Waals surface area (Å²) in [5.74, 6) is 0. The van der Waals surface area contributed by atoms with Crippen LogP contribution in [0.25, 0.3) is 0 Å². The summed E-state index contributed by atoms with van der Waals surface area (Å²) in [4.78, 5) is 0. The Bertz CT molecular complexity index is 270. The van der Waals surface area contributed by atoms with Gasteiger partial charge in [-0.1, -0.05) is 0 Å². The topological polar surface area (TPSA) is 48.1 Å². The first-order valence-corrected chi connectivity index (χ1v) is 26.5. The summed E-state index contributed by atoms with van der Waals surface area (Å²) >= 11 is -2.74. The Kier molecular flexibility index (Phi) is 7.68. The van der Waals surface area contributed by atoms with Crippen LogP contribution in [0.5, 0.6) is 0 Å². The average Bonchev–Trinajstić information content (AvgIpc) is 1.83. The molecule has 0 radical (unpaired) electrons. The van der Waals surface area contributed by atoms with Crippen molar-refractivity contribution in [2.75, 3.05) is 0 Å². The predicted octanol–water partition coefficient (Wildman–Crippen LogP) is 3.12. The van der Waals surface area contributed by atoms with Crippen molar-refractivity contribution in [1.29, 1.82) is 0 Å². The summed E-state index contributed by atoms with van der Waals surface area (Å²) in [6.45, 7) is 29.0. The number of hydrogen-bond donors (Lipinski definition) is 4. The molecule has 0 aliphatic carbocycles. The normalized spacial score (nSPS) is 16.2. The number of rotatable bonds is 8. The molecule has 0 aromatic carbocycles. The number of hydrogen-bond acceptors (Lipinski definition) is 4. The molecule has 9 heteroatoms. The summed E-state index contributed by atoms with van der Waals surface area (Å²) < 4.78 is 16.6. The van der Waals surface area contributed by atoms with Gasteiger partial charge in [-0.15, -0.1) is 0 Å². The Balaban J connectivity index is 5.70. The summed E-state index contributed by atoms with van der Waals surface area (Å²) in [5, 5.41) is 0. The second-order valence-electron chi connectivity index (χ2n) is 10.0. The van der Waals surface area contributed by atoms with Gasteiger partial charge in [0, 0.05) is 0 Å². The van der Waals surface area contributed by atoms with E-state index < -0.39 is 52.2 Å². The molecule has 21 heavy (non-hydrogen) atoms. The van der Waals surface area contributed by atoms with Crippen molar-refractivity contribution in [3.63, 3.8) is 0 Å². The average molecular weight is 480 g/mol. The van der Waals surface area contributed by atoms with Crippen LogP contribution >= 0.6 is 0 Å². The Morgan fingerprint density at radius 2 is 0.524 bits per heavy atom. The molecule has 0 rings (SSSR count). The van der Waals surface area contributed by atoms with Gasteiger partial charge in [0.2, 0.25) is 0 Å². The SMILES string of the molecule is C[Si](C)(C)N[Te](N[Si](C)(C)C)(N[Si](C)(C)C)N[Si](C)(C)C. The van der Waals surface area contributed by atoms with E-state index in [0.717, 1.165) is 0 Å². The molecule has 0 heterocycles. The number of nitrogens with one attached hydrogen (secondary N) is 4. The molecule has 0 unspecified atom stereocenters. The van der Waals surface area contributed by atoms with Crippen molar-refractivity contribution in [3.05, 3.63) is 0 Å². The van der Waals surface area contributed by atoms with E-state index in [1.807, 2.05) is 0 Å². The monoisotopic (exact) mass is 482 g/mol. The van der Waals surface area contributed by atoms with Crippen molar-refractivity contribution in [2.45, 2.75) is 78.6 Å². The van der Waals surface area contributed by atoms with Crippen LogP contribution in [-0.4, -0.2) is 52.2 Å². The summed E-state index contributed by atoms with van der Waals surface area (Å²) in [6, 6.07) is 0. The third-order valence-corrected chi connectivity index (χ3v) is 37.0. The summed E-state index contributed by atoms with van der Waals surface area (Å²) in [7, 11) is -5.51. The van der Waals surface area contributed by atoms with E-state index in [4.69, 9.17) is 0 Å². The van der Waals surface area contributed by atoms with E-state index in [1.165, 1.54) is 0 Å². The standard InChI is InChI=1S/C12H40N4Si4Te/c1-17(2,3)13-21(14-18(4,5)6,15-19(7,8)9)16-20(10,11)12/h13-16H,1-12H3. The van der Waals surface area contributed by atoms with Crippen LogP contribution in [0.15, 0.2) is 0 Å². The third kappa shape index (κ3) is 12.6.